The number of thiazole rings is 1. The van der Waals surface area contributed by atoms with Gasteiger partial charge in [-0.2, -0.15) is 18.3 Å². The number of carbonyl (C=O) groups excluding carboxylic acids is 2. The number of alkyl halides is 3. The summed E-state index contributed by atoms with van der Waals surface area (Å²) in [6.07, 6.45) is -0.471. The van der Waals surface area contributed by atoms with Crippen molar-refractivity contribution in [2.45, 2.75) is 19.6 Å². The van der Waals surface area contributed by atoms with E-state index in [4.69, 9.17) is 0 Å². The minimum Gasteiger partial charge on any atom is -0.344 e. The number of rotatable bonds is 5. The van der Waals surface area contributed by atoms with E-state index in [1.54, 1.807) is 7.05 Å². The van der Waals surface area contributed by atoms with Crippen LogP contribution in [0.4, 0.5) is 18.9 Å². The van der Waals surface area contributed by atoms with E-state index in [9.17, 15) is 22.8 Å². The lowest BCUT2D eigenvalue weighted by molar-refractivity contribution is -0.138. The average Bonchev–Trinajstić information content (AvgIpc) is 3.40. The molecule has 4 rings (SSSR count). The third-order valence-electron chi connectivity index (χ3n) is 4.72. The summed E-state index contributed by atoms with van der Waals surface area (Å²) in [5.41, 5.74) is -0.0787. The van der Waals surface area contributed by atoms with Gasteiger partial charge in [-0.05, 0) is 24.6 Å². The zero-order chi connectivity index (χ0) is 23.8. The smallest absolute Gasteiger partial charge is 0.344 e. The van der Waals surface area contributed by atoms with Gasteiger partial charge in [0.2, 0.25) is 0 Å². The average molecular weight is 475 g/mol. The predicted molar refractivity (Wildman–Crippen MR) is 114 cm³/mol. The van der Waals surface area contributed by atoms with E-state index in [1.165, 1.54) is 42.5 Å². The molecular weight excluding hydrogens is 459 g/mol. The molecule has 1 aromatic carbocycles. The lowest BCUT2D eigenvalue weighted by Crippen LogP contribution is -2.24. The molecule has 0 bridgehead atoms. The van der Waals surface area contributed by atoms with E-state index >= 15 is 0 Å². The van der Waals surface area contributed by atoms with Crippen LogP contribution in [0.3, 0.4) is 0 Å². The maximum atomic E-state index is 13.1. The zero-order valence-electron chi connectivity index (χ0n) is 17.3. The first-order valence-electron chi connectivity index (χ1n) is 9.48. The SMILES string of the molecule is Cc1ccc(NC(=O)c2cnc(CNC(=O)c3ncnc4c3cnn4C)s2)cc1C(F)(F)F. The van der Waals surface area contributed by atoms with Gasteiger partial charge in [0.05, 0.1) is 29.9 Å². The van der Waals surface area contributed by atoms with Crippen LogP contribution >= 0.6 is 11.3 Å². The summed E-state index contributed by atoms with van der Waals surface area (Å²) >= 11 is 1.01. The topological polar surface area (TPSA) is 115 Å². The molecule has 0 radical (unpaired) electrons. The van der Waals surface area contributed by atoms with Crippen LogP contribution in [0.1, 0.15) is 36.3 Å². The summed E-state index contributed by atoms with van der Waals surface area (Å²) in [7, 11) is 1.69. The summed E-state index contributed by atoms with van der Waals surface area (Å²) < 4.78 is 40.8. The molecule has 4 aromatic rings. The Hall–Kier alpha value is -3.87. The van der Waals surface area contributed by atoms with Crippen LogP contribution in [-0.4, -0.2) is 36.5 Å². The van der Waals surface area contributed by atoms with Gasteiger partial charge in [-0.15, -0.1) is 11.3 Å². The van der Waals surface area contributed by atoms with Gasteiger partial charge in [0.1, 0.15) is 21.9 Å². The van der Waals surface area contributed by atoms with Crippen molar-refractivity contribution in [2.75, 3.05) is 5.32 Å². The number of hydrogen-bond acceptors (Lipinski definition) is 7. The fourth-order valence-electron chi connectivity index (χ4n) is 3.08. The number of aromatic nitrogens is 5. The fourth-order valence-corrected chi connectivity index (χ4v) is 3.83. The van der Waals surface area contributed by atoms with E-state index in [-0.39, 0.29) is 28.4 Å². The number of anilines is 1. The first-order valence-corrected chi connectivity index (χ1v) is 10.3. The summed E-state index contributed by atoms with van der Waals surface area (Å²) in [5.74, 6) is -1.06. The third-order valence-corrected chi connectivity index (χ3v) is 5.72. The molecule has 0 unspecified atom stereocenters. The highest BCUT2D eigenvalue weighted by Crippen LogP contribution is 2.33. The molecule has 13 heteroatoms. The number of aryl methyl sites for hydroxylation is 2. The molecule has 0 fully saturated rings. The number of halogens is 3. The molecule has 3 heterocycles. The molecule has 3 aromatic heterocycles. The second kappa shape index (κ2) is 8.58. The number of nitrogens with one attached hydrogen (secondary N) is 2. The van der Waals surface area contributed by atoms with Gasteiger partial charge in [-0.1, -0.05) is 6.07 Å². The van der Waals surface area contributed by atoms with Crippen LogP contribution in [0.2, 0.25) is 0 Å². The molecule has 33 heavy (non-hydrogen) atoms. The first-order chi connectivity index (χ1) is 15.6. The van der Waals surface area contributed by atoms with E-state index in [1.807, 2.05) is 0 Å². The van der Waals surface area contributed by atoms with Crippen molar-refractivity contribution in [3.63, 3.8) is 0 Å². The van der Waals surface area contributed by atoms with Gasteiger partial charge >= 0.3 is 6.18 Å². The van der Waals surface area contributed by atoms with Gasteiger partial charge in [-0.3, -0.25) is 14.3 Å². The third kappa shape index (κ3) is 4.67. The minimum atomic E-state index is -4.52. The number of benzene rings is 1. The summed E-state index contributed by atoms with van der Waals surface area (Å²) in [6, 6.07) is 3.57. The molecule has 0 saturated heterocycles. The van der Waals surface area contributed by atoms with Crippen molar-refractivity contribution < 1.29 is 22.8 Å². The Morgan fingerprint density at radius 1 is 1.12 bits per heavy atom. The molecular formula is C20H16F3N7O2S. The van der Waals surface area contributed by atoms with Crippen molar-refractivity contribution in [1.82, 2.24) is 30.0 Å². The molecule has 0 saturated carbocycles. The second-order valence-electron chi connectivity index (χ2n) is 7.01. The molecule has 2 amide bonds. The highest BCUT2D eigenvalue weighted by molar-refractivity contribution is 7.13. The maximum Gasteiger partial charge on any atom is 0.416 e. The number of fused-ring (bicyclic) bond motifs is 1. The Kier molecular flexibility index (Phi) is 5.80. The molecule has 170 valence electrons. The maximum absolute atomic E-state index is 13.1. The molecule has 0 atom stereocenters. The van der Waals surface area contributed by atoms with Crippen LogP contribution in [0, 0.1) is 6.92 Å². The lowest BCUT2D eigenvalue weighted by Gasteiger charge is -2.12. The monoisotopic (exact) mass is 475 g/mol. The van der Waals surface area contributed by atoms with Gasteiger partial charge in [0, 0.05) is 12.7 Å². The molecule has 0 aliphatic heterocycles. The van der Waals surface area contributed by atoms with Crippen molar-refractivity contribution >= 4 is 39.9 Å². The Balaban J connectivity index is 1.42. The quantitative estimate of drug-likeness (QED) is 0.458. The molecule has 9 nitrogen and oxygen atoms in total. The molecule has 0 aliphatic carbocycles. The lowest BCUT2D eigenvalue weighted by atomic mass is 10.1. The van der Waals surface area contributed by atoms with E-state index in [0.717, 1.165) is 17.4 Å². The van der Waals surface area contributed by atoms with Gasteiger partial charge < -0.3 is 10.6 Å². The van der Waals surface area contributed by atoms with Crippen molar-refractivity contribution in [3.8, 4) is 0 Å². The van der Waals surface area contributed by atoms with Crippen molar-refractivity contribution in [1.29, 1.82) is 0 Å². The minimum absolute atomic E-state index is 0.0189. The van der Waals surface area contributed by atoms with Crippen molar-refractivity contribution in [3.05, 3.63) is 63.6 Å². The Morgan fingerprint density at radius 3 is 2.67 bits per heavy atom. The van der Waals surface area contributed by atoms with Crippen LogP contribution in [0.5, 0.6) is 0 Å². The van der Waals surface area contributed by atoms with E-state index in [0.29, 0.717) is 16.0 Å². The van der Waals surface area contributed by atoms with E-state index in [2.05, 4.69) is 30.7 Å². The summed E-state index contributed by atoms with van der Waals surface area (Å²) in [5, 5.41) is 10.1. The second-order valence-corrected chi connectivity index (χ2v) is 8.13. The molecule has 2 N–H and O–H groups in total. The summed E-state index contributed by atoms with van der Waals surface area (Å²) in [6.45, 7) is 1.38. The fraction of sp³-hybridized carbons (Fsp3) is 0.200. The first kappa shape index (κ1) is 22.3. The Bertz CT molecular complexity index is 1360. The van der Waals surface area contributed by atoms with Crippen LogP contribution in [0.15, 0.2) is 36.9 Å². The summed E-state index contributed by atoms with van der Waals surface area (Å²) in [4.78, 5) is 37.3. The van der Waals surface area contributed by atoms with Gasteiger partial charge in [0.25, 0.3) is 11.8 Å². The number of carbonyl (C=O) groups is 2. The standard InChI is InChI=1S/C20H16F3N7O2S/c1-10-3-4-11(5-13(10)20(21,22)23)29-18(31)14-7-24-15(33-14)8-25-19(32)16-12-6-28-30(2)17(12)27-9-26-16/h3-7,9H,8H2,1-2H3,(H,25,32)(H,29,31). The van der Waals surface area contributed by atoms with E-state index < -0.39 is 23.6 Å². The Morgan fingerprint density at radius 2 is 1.91 bits per heavy atom. The Labute approximate surface area is 188 Å². The van der Waals surface area contributed by atoms with Crippen LogP contribution in [0.25, 0.3) is 11.0 Å². The van der Waals surface area contributed by atoms with Crippen molar-refractivity contribution in [2.24, 2.45) is 7.05 Å². The molecule has 0 aliphatic rings. The number of amides is 2. The van der Waals surface area contributed by atoms with Gasteiger partial charge in [0.15, 0.2) is 5.65 Å². The highest BCUT2D eigenvalue weighted by Gasteiger charge is 2.32. The zero-order valence-corrected chi connectivity index (χ0v) is 18.1. The number of hydrogen-bond donors (Lipinski definition) is 2. The predicted octanol–water partition coefficient (Wildman–Crippen LogP) is 3.33. The van der Waals surface area contributed by atoms with Crippen LogP contribution < -0.4 is 10.6 Å². The van der Waals surface area contributed by atoms with Crippen LogP contribution in [-0.2, 0) is 19.8 Å². The largest absolute Gasteiger partial charge is 0.416 e. The van der Waals surface area contributed by atoms with Gasteiger partial charge in [-0.25, -0.2) is 15.0 Å². The number of nitrogens with zero attached hydrogens (tertiary/aromatic N) is 5. The normalized spacial score (nSPS) is 11.5. The molecule has 0 spiro atoms. The highest BCUT2D eigenvalue weighted by atomic mass is 32.1.